The summed E-state index contributed by atoms with van der Waals surface area (Å²) in [6.07, 6.45) is 0.751. The molecule has 0 saturated carbocycles. The maximum atomic E-state index is 12.6. The third-order valence-corrected chi connectivity index (χ3v) is 3.51. The van der Waals surface area contributed by atoms with Gasteiger partial charge >= 0.3 is 12.1 Å². The summed E-state index contributed by atoms with van der Waals surface area (Å²) in [4.78, 5) is 24.8. The fourth-order valence-electron chi connectivity index (χ4n) is 2.30. The van der Waals surface area contributed by atoms with Crippen LogP contribution >= 0.6 is 0 Å². The number of hydrogen-bond acceptors (Lipinski definition) is 5. The summed E-state index contributed by atoms with van der Waals surface area (Å²) >= 11 is 0. The Hall–Kier alpha value is -3.28. The summed E-state index contributed by atoms with van der Waals surface area (Å²) in [5.74, 6) is -0.123. The van der Waals surface area contributed by atoms with E-state index in [0.717, 1.165) is 5.56 Å². The second-order valence-corrected chi connectivity index (χ2v) is 6.99. The Morgan fingerprint density at radius 1 is 1.00 bits per heavy atom. The normalized spacial score (nSPS) is 11.5. The highest BCUT2D eigenvalue weighted by Gasteiger charge is 2.21. The van der Waals surface area contributed by atoms with Crippen LogP contribution in [0, 0.1) is 0 Å². The first-order valence-electron chi connectivity index (χ1n) is 8.84. The van der Waals surface area contributed by atoms with Gasteiger partial charge in [0.1, 0.15) is 23.7 Å². The molecule has 0 radical (unpaired) electrons. The topological polar surface area (TPSA) is 73.9 Å². The minimum Gasteiger partial charge on any atom is -0.496 e. The van der Waals surface area contributed by atoms with Crippen LogP contribution in [0.2, 0.25) is 0 Å². The van der Waals surface area contributed by atoms with E-state index in [1.807, 2.05) is 36.4 Å². The Balaban J connectivity index is 2.23. The quantitative estimate of drug-likeness (QED) is 0.594. The number of ether oxygens (including phenoxy) is 3. The standard InChI is InChI=1S/C22H25NO5/c1-22(2,3)28-21(25)23-18(14-17-12-8-9-13-19(17)26-4)20(24)27-15-16-10-6-5-7-11-16/h5-14H,15H2,1-4H3,(H,23,25)/b18-14-. The van der Waals surface area contributed by atoms with E-state index in [9.17, 15) is 9.59 Å². The van der Waals surface area contributed by atoms with Crippen LogP contribution < -0.4 is 10.1 Å². The van der Waals surface area contributed by atoms with Crippen LogP contribution in [0.5, 0.6) is 5.75 Å². The van der Waals surface area contributed by atoms with Crippen molar-refractivity contribution in [1.82, 2.24) is 5.32 Å². The molecule has 0 spiro atoms. The van der Waals surface area contributed by atoms with Crippen molar-refractivity contribution in [2.75, 3.05) is 7.11 Å². The first-order valence-corrected chi connectivity index (χ1v) is 8.84. The molecule has 6 nitrogen and oxygen atoms in total. The van der Waals surface area contributed by atoms with Crippen molar-refractivity contribution in [1.29, 1.82) is 0 Å². The van der Waals surface area contributed by atoms with Crippen molar-refractivity contribution in [2.45, 2.75) is 33.0 Å². The lowest BCUT2D eigenvalue weighted by molar-refractivity contribution is -0.140. The molecule has 1 N–H and O–H groups in total. The van der Waals surface area contributed by atoms with E-state index in [-0.39, 0.29) is 12.3 Å². The number of carbonyl (C=O) groups is 2. The summed E-state index contributed by atoms with van der Waals surface area (Å²) in [6.45, 7) is 5.30. The Labute approximate surface area is 165 Å². The molecule has 28 heavy (non-hydrogen) atoms. The minimum atomic E-state index is -0.745. The van der Waals surface area contributed by atoms with Gasteiger partial charge in [-0.3, -0.25) is 5.32 Å². The molecule has 6 heteroatoms. The predicted molar refractivity (Wildman–Crippen MR) is 107 cm³/mol. The maximum Gasteiger partial charge on any atom is 0.412 e. The molecule has 2 aromatic rings. The molecule has 0 fully saturated rings. The van der Waals surface area contributed by atoms with Gasteiger partial charge in [0.05, 0.1) is 7.11 Å². The lowest BCUT2D eigenvalue weighted by Gasteiger charge is -2.20. The van der Waals surface area contributed by atoms with Crippen LogP contribution in [0.25, 0.3) is 6.08 Å². The van der Waals surface area contributed by atoms with Gasteiger partial charge in [-0.05, 0) is 38.5 Å². The number of methoxy groups -OCH3 is 1. The van der Waals surface area contributed by atoms with E-state index in [1.54, 1.807) is 39.0 Å². The van der Waals surface area contributed by atoms with Gasteiger partial charge in [0.15, 0.2) is 0 Å². The lowest BCUT2D eigenvalue weighted by atomic mass is 10.1. The number of carbonyl (C=O) groups excluding carboxylic acids is 2. The van der Waals surface area contributed by atoms with Crippen molar-refractivity contribution in [3.05, 3.63) is 71.4 Å². The summed E-state index contributed by atoms with van der Waals surface area (Å²) in [5.41, 5.74) is 0.709. The molecule has 0 aliphatic rings. The number of amides is 1. The van der Waals surface area contributed by atoms with E-state index in [4.69, 9.17) is 14.2 Å². The molecule has 0 aromatic heterocycles. The molecule has 0 aliphatic carbocycles. The van der Waals surface area contributed by atoms with Gasteiger partial charge in [0, 0.05) is 5.56 Å². The summed E-state index contributed by atoms with van der Waals surface area (Å²) in [5, 5.41) is 2.48. The summed E-state index contributed by atoms with van der Waals surface area (Å²) in [7, 11) is 1.53. The summed E-state index contributed by atoms with van der Waals surface area (Å²) in [6, 6.07) is 16.4. The van der Waals surface area contributed by atoms with Gasteiger partial charge < -0.3 is 14.2 Å². The molecule has 2 rings (SSSR count). The molecule has 0 bridgehead atoms. The van der Waals surface area contributed by atoms with Gasteiger partial charge in [0.25, 0.3) is 0 Å². The third-order valence-electron chi connectivity index (χ3n) is 3.51. The van der Waals surface area contributed by atoms with Crippen molar-refractivity contribution < 1.29 is 23.8 Å². The first kappa shape index (κ1) is 21.0. The molecule has 0 atom stereocenters. The zero-order valence-electron chi connectivity index (χ0n) is 16.5. The SMILES string of the molecule is COc1ccccc1/C=C(\NC(=O)OC(C)(C)C)C(=O)OCc1ccccc1. The molecular weight excluding hydrogens is 358 g/mol. The Bertz CT molecular complexity index is 838. The molecule has 0 aliphatic heterocycles. The van der Waals surface area contributed by atoms with Gasteiger partial charge in [-0.1, -0.05) is 48.5 Å². The second kappa shape index (κ2) is 9.60. The smallest absolute Gasteiger partial charge is 0.412 e. The molecular formula is C22H25NO5. The van der Waals surface area contributed by atoms with Crippen molar-refractivity contribution >= 4 is 18.1 Å². The molecule has 0 saturated heterocycles. The van der Waals surface area contributed by atoms with Crippen molar-refractivity contribution in [2.24, 2.45) is 0 Å². The second-order valence-electron chi connectivity index (χ2n) is 6.99. The zero-order chi connectivity index (χ0) is 20.6. The highest BCUT2D eigenvalue weighted by Crippen LogP contribution is 2.20. The van der Waals surface area contributed by atoms with Gasteiger partial charge in [-0.2, -0.15) is 0 Å². The van der Waals surface area contributed by atoms with Crippen LogP contribution in [0.1, 0.15) is 31.9 Å². The lowest BCUT2D eigenvalue weighted by Crippen LogP contribution is -2.34. The largest absolute Gasteiger partial charge is 0.496 e. The van der Waals surface area contributed by atoms with Crippen LogP contribution in [0.15, 0.2) is 60.3 Å². The molecule has 0 heterocycles. The average molecular weight is 383 g/mol. The van der Waals surface area contributed by atoms with Crippen LogP contribution in [0.3, 0.4) is 0 Å². The monoisotopic (exact) mass is 383 g/mol. The number of nitrogens with one attached hydrogen (secondary N) is 1. The average Bonchev–Trinajstić information content (AvgIpc) is 2.65. The number of rotatable bonds is 6. The van der Waals surface area contributed by atoms with E-state index in [2.05, 4.69) is 5.32 Å². The van der Waals surface area contributed by atoms with E-state index < -0.39 is 17.7 Å². The molecule has 0 unspecified atom stereocenters. The van der Waals surface area contributed by atoms with Crippen LogP contribution in [-0.4, -0.2) is 24.8 Å². The van der Waals surface area contributed by atoms with Crippen LogP contribution in [0.4, 0.5) is 4.79 Å². The fourth-order valence-corrected chi connectivity index (χ4v) is 2.30. The predicted octanol–water partition coefficient (Wildman–Crippen LogP) is 4.30. The number of benzene rings is 2. The van der Waals surface area contributed by atoms with Crippen molar-refractivity contribution in [3.8, 4) is 5.75 Å². The van der Waals surface area contributed by atoms with Gasteiger partial charge in [-0.25, -0.2) is 9.59 Å². The first-order chi connectivity index (χ1) is 13.3. The Morgan fingerprint density at radius 2 is 1.64 bits per heavy atom. The Kier molecular flexibility index (Phi) is 7.21. The zero-order valence-corrected chi connectivity index (χ0v) is 16.5. The number of hydrogen-bond donors (Lipinski definition) is 1. The molecule has 1 amide bonds. The van der Waals surface area contributed by atoms with E-state index in [1.165, 1.54) is 13.2 Å². The highest BCUT2D eigenvalue weighted by molar-refractivity contribution is 5.97. The van der Waals surface area contributed by atoms with Gasteiger partial charge in [-0.15, -0.1) is 0 Å². The van der Waals surface area contributed by atoms with E-state index in [0.29, 0.717) is 11.3 Å². The van der Waals surface area contributed by atoms with E-state index >= 15 is 0 Å². The third kappa shape index (κ3) is 6.79. The molecule has 2 aromatic carbocycles. The fraction of sp³-hybridized carbons (Fsp3) is 0.273. The number of esters is 1. The van der Waals surface area contributed by atoms with Gasteiger partial charge in [0.2, 0.25) is 0 Å². The van der Waals surface area contributed by atoms with Crippen LogP contribution in [-0.2, 0) is 20.9 Å². The highest BCUT2D eigenvalue weighted by atomic mass is 16.6. The minimum absolute atomic E-state index is 0.0466. The van der Waals surface area contributed by atoms with Crippen molar-refractivity contribution in [3.63, 3.8) is 0 Å². The number of para-hydroxylation sites is 1. The molecule has 148 valence electrons. The number of alkyl carbamates (subject to hydrolysis) is 1. The maximum absolute atomic E-state index is 12.6. The summed E-state index contributed by atoms with van der Waals surface area (Å²) < 4.78 is 15.9. The Morgan fingerprint density at radius 3 is 2.29 bits per heavy atom.